The van der Waals surface area contributed by atoms with Gasteiger partial charge in [-0.3, -0.25) is 4.79 Å². The van der Waals surface area contributed by atoms with Gasteiger partial charge in [-0.1, -0.05) is 32.4 Å². The number of halogens is 2. The Hall–Kier alpha value is -2.39. The first-order valence-corrected chi connectivity index (χ1v) is 13.5. The summed E-state index contributed by atoms with van der Waals surface area (Å²) in [5, 5.41) is 0.282. The fourth-order valence-corrected chi connectivity index (χ4v) is 4.55. The highest BCUT2D eigenvalue weighted by molar-refractivity contribution is 6.30. The van der Waals surface area contributed by atoms with E-state index >= 15 is 0 Å². The molecule has 1 saturated heterocycles. The second kappa shape index (κ2) is 14.0. The van der Waals surface area contributed by atoms with Crippen molar-refractivity contribution in [2.45, 2.75) is 79.1 Å². The number of nitrogens with zero attached hydrogens (tertiary/aromatic N) is 3. The van der Waals surface area contributed by atoms with E-state index in [0.29, 0.717) is 30.1 Å². The Labute approximate surface area is 223 Å². The number of benzene rings is 1. The van der Waals surface area contributed by atoms with Crippen LogP contribution in [0.25, 0.3) is 17.0 Å². The van der Waals surface area contributed by atoms with Crippen LogP contribution in [0.5, 0.6) is 0 Å². The Morgan fingerprint density at radius 2 is 1.97 bits per heavy atom. The van der Waals surface area contributed by atoms with Crippen molar-refractivity contribution < 1.29 is 18.6 Å². The van der Waals surface area contributed by atoms with Crippen molar-refractivity contribution in [1.29, 1.82) is 0 Å². The Morgan fingerprint density at radius 3 is 2.62 bits per heavy atom. The normalized spacial score (nSPS) is 18.5. The largest absolute Gasteiger partial charge is 0.382 e. The van der Waals surface area contributed by atoms with Crippen molar-refractivity contribution in [2.75, 3.05) is 19.8 Å². The molecule has 5 rings (SSSR count). The number of rotatable bonds is 5. The summed E-state index contributed by atoms with van der Waals surface area (Å²) in [6.45, 7) is 13.1. The van der Waals surface area contributed by atoms with E-state index in [0.717, 1.165) is 38.2 Å². The average Bonchev–Trinajstić information content (AvgIpc) is 3.37. The molecule has 9 heteroatoms. The molecule has 37 heavy (non-hydrogen) atoms. The van der Waals surface area contributed by atoms with Gasteiger partial charge >= 0.3 is 0 Å². The van der Waals surface area contributed by atoms with Crippen LogP contribution in [0.3, 0.4) is 0 Å². The van der Waals surface area contributed by atoms with Crippen molar-refractivity contribution in [3.8, 4) is 11.4 Å². The average molecular weight is 534 g/mol. The first-order chi connectivity index (χ1) is 17.9. The van der Waals surface area contributed by atoms with Crippen molar-refractivity contribution in [2.24, 2.45) is 0 Å². The SMILES string of the molecule is CC.CC1CC(c2cc3nc4c(c(=O)n3c(-c3ccc(Cl)cc3F)n2)COC4)CCO1.CCCOCC. The predicted octanol–water partition coefficient (Wildman–Crippen LogP) is 6.32. The summed E-state index contributed by atoms with van der Waals surface area (Å²) >= 11 is 5.93. The molecule has 2 unspecified atom stereocenters. The van der Waals surface area contributed by atoms with Gasteiger partial charge in [-0.25, -0.2) is 18.8 Å². The maximum atomic E-state index is 14.8. The molecular weight excluding hydrogens is 497 g/mol. The highest BCUT2D eigenvalue weighted by atomic mass is 35.5. The molecule has 3 aromatic rings. The molecule has 4 heterocycles. The van der Waals surface area contributed by atoms with Gasteiger partial charge in [0.15, 0.2) is 5.82 Å². The molecule has 0 amide bonds. The van der Waals surface area contributed by atoms with Gasteiger partial charge in [-0.05, 0) is 51.3 Å². The van der Waals surface area contributed by atoms with Crippen LogP contribution in [0.1, 0.15) is 76.8 Å². The first kappa shape index (κ1) is 29.2. The monoisotopic (exact) mass is 533 g/mol. The van der Waals surface area contributed by atoms with Gasteiger partial charge in [0.05, 0.1) is 36.1 Å². The molecule has 1 fully saturated rings. The molecule has 1 aromatic carbocycles. The summed E-state index contributed by atoms with van der Waals surface area (Å²) in [7, 11) is 0. The Morgan fingerprint density at radius 1 is 1.19 bits per heavy atom. The number of aromatic nitrogens is 3. The fourth-order valence-electron chi connectivity index (χ4n) is 4.39. The van der Waals surface area contributed by atoms with E-state index in [2.05, 4.69) is 11.9 Å². The zero-order valence-corrected chi connectivity index (χ0v) is 23.1. The van der Waals surface area contributed by atoms with E-state index < -0.39 is 5.82 Å². The van der Waals surface area contributed by atoms with E-state index in [4.69, 9.17) is 30.8 Å². The van der Waals surface area contributed by atoms with Gasteiger partial charge in [-0.2, -0.15) is 0 Å². The van der Waals surface area contributed by atoms with Crippen LogP contribution in [0, 0.1) is 5.82 Å². The summed E-state index contributed by atoms with van der Waals surface area (Å²) in [6.07, 6.45) is 2.87. The minimum absolute atomic E-state index is 0.117. The molecular formula is C28H37ClFN3O4. The maximum absolute atomic E-state index is 14.8. The lowest BCUT2D eigenvalue weighted by molar-refractivity contribution is 0.0180. The summed E-state index contributed by atoms with van der Waals surface area (Å²) in [6, 6.07) is 6.19. The quantitative estimate of drug-likeness (QED) is 0.357. The third-order valence-electron chi connectivity index (χ3n) is 6.13. The number of hydrogen-bond acceptors (Lipinski definition) is 6. The third-order valence-corrected chi connectivity index (χ3v) is 6.36. The van der Waals surface area contributed by atoms with Gasteiger partial charge in [0.2, 0.25) is 0 Å². The van der Waals surface area contributed by atoms with Crippen LogP contribution in [-0.4, -0.2) is 40.3 Å². The Bertz CT molecular complexity index is 1250. The molecule has 7 nitrogen and oxygen atoms in total. The zero-order valence-electron chi connectivity index (χ0n) is 22.4. The van der Waals surface area contributed by atoms with Crippen molar-refractivity contribution in [3.63, 3.8) is 0 Å². The minimum Gasteiger partial charge on any atom is -0.382 e. The summed E-state index contributed by atoms with van der Waals surface area (Å²) in [5.41, 5.74) is 2.31. The Balaban J connectivity index is 0.000000421. The molecule has 2 aromatic heterocycles. The van der Waals surface area contributed by atoms with Gasteiger partial charge in [0.25, 0.3) is 5.56 Å². The number of fused-ring (bicyclic) bond motifs is 2. The molecule has 2 atom stereocenters. The molecule has 0 aliphatic carbocycles. The van der Waals surface area contributed by atoms with Crippen LogP contribution in [0.4, 0.5) is 4.39 Å². The van der Waals surface area contributed by atoms with E-state index in [9.17, 15) is 9.18 Å². The number of hydrogen-bond donors (Lipinski definition) is 0. The molecule has 0 spiro atoms. The fraction of sp³-hybridized carbons (Fsp3) is 0.536. The maximum Gasteiger partial charge on any atom is 0.265 e. The molecule has 0 radical (unpaired) electrons. The summed E-state index contributed by atoms with van der Waals surface area (Å²) in [4.78, 5) is 22.6. The van der Waals surface area contributed by atoms with Crippen molar-refractivity contribution in [3.05, 3.63) is 62.4 Å². The van der Waals surface area contributed by atoms with Gasteiger partial charge in [0, 0.05) is 42.5 Å². The lowest BCUT2D eigenvalue weighted by Gasteiger charge is -2.27. The molecule has 0 saturated carbocycles. The molecule has 2 aliphatic rings. The summed E-state index contributed by atoms with van der Waals surface area (Å²) in [5.74, 6) is -0.148. The smallest absolute Gasteiger partial charge is 0.265 e. The first-order valence-electron chi connectivity index (χ1n) is 13.1. The van der Waals surface area contributed by atoms with Crippen molar-refractivity contribution >= 4 is 17.2 Å². The zero-order chi connectivity index (χ0) is 26.9. The molecule has 0 bridgehead atoms. The van der Waals surface area contributed by atoms with Crippen LogP contribution >= 0.6 is 11.6 Å². The van der Waals surface area contributed by atoms with Gasteiger partial charge in [0.1, 0.15) is 11.5 Å². The highest BCUT2D eigenvalue weighted by Crippen LogP contribution is 2.32. The lowest BCUT2D eigenvalue weighted by atomic mass is 9.92. The van der Waals surface area contributed by atoms with Crippen LogP contribution in [-0.2, 0) is 27.4 Å². The highest BCUT2D eigenvalue weighted by Gasteiger charge is 2.27. The van der Waals surface area contributed by atoms with Crippen LogP contribution < -0.4 is 5.56 Å². The second-order valence-electron chi connectivity index (χ2n) is 8.76. The van der Waals surface area contributed by atoms with Crippen LogP contribution in [0.15, 0.2) is 29.1 Å². The number of ether oxygens (including phenoxy) is 3. The van der Waals surface area contributed by atoms with Crippen LogP contribution in [0.2, 0.25) is 5.02 Å². The van der Waals surface area contributed by atoms with Gasteiger partial charge < -0.3 is 14.2 Å². The van der Waals surface area contributed by atoms with E-state index in [1.54, 1.807) is 12.1 Å². The van der Waals surface area contributed by atoms with Gasteiger partial charge in [-0.15, -0.1) is 0 Å². The standard InChI is InChI=1S/C21H19ClFN3O3.C5H12O.C2H6/c1-11-6-12(4-5-29-11)17-8-19-24-18-10-28-9-15(18)21(27)26(19)20(25-17)14-3-2-13(22)7-16(14)23;1-3-5-6-4-2;1-2/h2-3,7-8,11-12H,4-6,9-10H2,1H3;3-5H2,1-2H3;1-2H3. The Kier molecular flexibility index (Phi) is 11.0. The molecule has 2 aliphatic heterocycles. The molecule has 202 valence electrons. The summed E-state index contributed by atoms with van der Waals surface area (Å²) < 4.78 is 32.2. The minimum atomic E-state index is -0.535. The van der Waals surface area contributed by atoms with E-state index in [-0.39, 0.29) is 40.6 Å². The van der Waals surface area contributed by atoms with E-state index in [1.165, 1.54) is 10.5 Å². The predicted molar refractivity (Wildman–Crippen MR) is 144 cm³/mol. The van der Waals surface area contributed by atoms with Crippen molar-refractivity contribution in [1.82, 2.24) is 14.4 Å². The second-order valence-corrected chi connectivity index (χ2v) is 9.19. The lowest BCUT2D eigenvalue weighted by Crippen LogP contribution is -2.26. The topological polar surface area (TPSA) is 75.0 Å². The molecule has 0 N–H and O–H groups in total. The third kappa shape index (κ3) is 6.93. The van der Waals surface area contributed by atoms with E-state index in [1.807, 2.05) is 33.8 Å².